The summed E-state index contributed by atoms with van der Waals surface area (Å²) in [5.41, 5.74) is 2.62. The first-order valence-electron chi connectivity index (χ1n) is 6.89. The van der Waals surface area contributed by atoms with Gasteiger partial charge in [-0.3, -0.25) is 0 Å². The molecule has 0 unspecified atom stereocenters. The van der Waals surface area contributed by atoms with Crippen LogP contribution in [-0.2, 0) is 0 Å². The van der Waals surface area contributed by atoms with Crippen molar-refractivity contribution in [2.75, 3.05) is 23.3 Å². The van der Waals surface area contributed by atoms with E-state index in [0.717, 1.165) is 30.2 Å². The highest BCUT2D eigenvalue weighted by molar-refractivity contribution is 5.87. The van der Waals surface area contributed by atoms with Crippen molar-refractivity contribution in [3.05, 3.63) is 36.4 Å². The highest BCUT2D eigenvalue weighted by Gasteiger charge is 2.22. The number of anilines is 3. The molecule has 0 aliphatic carbocycles. The predicted molar refractivity (Wildman–Crippen MR) is 81.5 cm³/mol. The Hall–Kier alpha value is -2.36. The third-order valence-electron chi connectivity index (χ3n) is 3.58. The number of benzene rings is 2. The van der Waals surface area contributed by atoms with Gasteiger partial charge in [0.25, 0.3) is 0 Å². The quantitative estimate of drug-likeness (QED) is 0.704. The molecule has 0 bridgehead atoms. The van der Waals surface area contributed by atoms with Crippen LogP contribution >= 0.6 is 0 Å². The highest BCUT2D eigenvalue weighted by Crippen LogP contribution is 2.49. The topological polar surface area (TPSA) is 44.7 Å². The molecule has 0 radical (unpaired) electrons. The van der Waals surface area contributed by atoms with E-state index < -0.39 is 0 Å². The Bertz CT molecular complexity index is 636. The van der Waals surface area contributed by atoms with Crippen molar-refractivity contribution < 1.29 is 9.84 Å². The van der Waals surface area contributed by atoms with Crippen molar-refractivity contribution in [2.24, 2.45) is 0 Å². The molecule has 0 fully saturated rings. The Kier molecular flexibility index (Phi) is 3.14. The molecule has 2 aromatic rings. The first-order valence-corrected chi connectivity index (χ1v) is 6.89. The van der Waals surface area contributed by atoms with E-state index >= 15 is 0 Å². The third kappa shape index (κ3) is 1.93. The Morgan fingerprint density at radius 3 is 2.35 bits per heavy atom. The average molecular weight is 270 g/mol. The van der Waals surface area contributed by atoms with Gasteiger partial charge in [-0.2, -0.15) is 0 Å². The fourth-order valence-electron chi connectivity index (χ4n) is 2.53. The summed E-state index contributed by atoms with van der Waals surface area (Å²) >= 11 is 0. The van der Waals surface area contributed by atoms with Crippen molar-refractivity contribution in [2.45, 2.75) is 13.8 Å². The molecule has 0 spiro atoms. The van der Waals surface area contributed by atoms with Crippen LogP contribution in [0.25, 0.3) is 0 Å². The smallest absolute Gasteiger partial charge is 0.154 e. The minimum absolute atomic E-state index is 0.197. The van der Waals surface area contributed by atoms with E-state index in [9.17, 15) is 5.11 Å². The minimum atomic E-state index is 0.197. The molecule has 0 saturated carbocycles. The SMILES string of the molecule is CCN(CC)c1cccc2c1Nc1c(O)cccc1O2. The number of ether oxygens (including phenoxy) is 1. The van der Waals surface area contributed by atoms with Crippen molar-refractivity contribution >= 4 is 17.1 Å². The van der Waals surface area contributed by atoms with Gasteiger partial charge in [0.1, 0.15) is 17.1 Å². The first-order chi connectivity index (χ1) is 9.74. The second kappa shape index (κ2) is 4.96. The molecule has 0 aromatic heterocycles. The summed E-state index contributed by atoms with van der Waals surface area (Å²) < 4.78 is 5.89. The van der Waals surface area contributed by atoms with Crippen LogP contribution < -0.4 is 15.0 Å². The van der Waals surface area contributed by atoms with Gasteiger partial charge in [-0.05, 0) is 38.1 Å². The Morgan fingerprint density at radius 2 is 1.65 bits per heavy atom. The van der Waals surface area contributed by atoms with Gasteiger partial charge < -0.3 is 20.1 Å². The molecule has 1 aliphatic heterocycles. The van der Waals surface area contributed by atoms with Crippen LogP contribution in [0.4, 0.5) is 17.1 Å². The number of hydrogen-bond acceptors (Lipinski definition) is 4. The van der Waals surface area contributed by atoms with Gasteiger partial charge >= 0.3 is 0 Å². The molecule has 1 heterocycles. The summed E-state index contributed by atoms with van der Waals surface area (Å²) in [7, 11) is 0. The molecule has 20 heavy (non-hydrogen) atoms. The van der Waals surface area contributed by atoms with Gasteiger partial charge in [0.05, 0.1) is 5.69 Å². The Balaban J connectivity index is 2.09. The number of fused-ring (bicyclic) bond motifs is 2. The lowest BCUT2D eigenvalue weighted by Gasteiger charge is -2.29. The van der Waals surface area contributed by atoms with Gasteiger partial charge in [0.2, 0.25) is 0 Å². The number of aromatic hydroxyl groups is 1. The molecule has 0 atom stereocenters. The van der Waals surface area contributed by atoms with Crippen LogP contribution in [0.15, 0.2) is 36.4 Å². The zero-order valence-corrected chi connectivity index (χ0v) is 11.7. The molecule has 2 N–H and O–H groups in total. The lowest BCUT2D eigenvalue weighted by molar-refractivity contribution is 0.455. The fraction of sp³-hybridized carbons (Fsp3) is 0.250. The zero-order valence-electron chi connectivity index (χ0n) is 11.7. The number of rotatable bonds is 3. The van der Waals surface area contributed by atoms with E-state index in [-0.39, 0.29) is 5.75 Å². The van der Waals surface area contributed by atoms with Gasteiger partial charge in [0.15, 0.2) is 11.5 Å². The van der Waals surface area contributed by atoms with E-state index in [4.69, 9.17) is 4.74 Å². The second-order valence-electron chi connectivity index (χ2n) is 4.70. The normalized spacial score (nSPS) is 11.9. The molecule has 4 heteroatoms. The molecule has 0 amide bonds. The summed E-state index contributed by atoms with van der Waals surface area (Å²) in [6.45, 7) is 6.08. The van der Waals surface area contributed by atoms with Crippen LogP contribution in [0.3, 0.4) is 0 Å². The van der Waals surface area contributed by atoms with Gasteiger partial charge in [-0.25, -0.2) is 0 Å². The molecule has 2 aromatic carbocycles. The lowest BCUT2D eigenvalue weighted by Crippen LogP contribution is -2.23. The van der Waals surface area contributed by atoms with Gasteiger partial charge in [0, 0.05) is 13.1 Å². The summed E-state index contributed by atoms with van der Waals surface area (Å²) in [6.07, 6.45) is 0. The van der Waals surface area contributed by atoms with Crippen LogP contribution in [0.5, 0.6) is 17.2 Å². The monoisotopic (exact) mass is 270 g/mol. The van der Waals surface area contributed by atoms with E-state index in [2.05, 4.69) is 30.1 Å². The van der Waals surface area contributed by atoms with Gasteiger partial charge in [-0.1, -0.05) is 12.1 Å². The summed E-state index contributed by atoms with van der Waals surface area (Å²) in [5.74, 6) is 1.63. The Labute approximate surface area is 118 Å². The van der Waals surface area contributed by atoms with Crippen molar-refractivity contribution in [1.82, 2.24) is 0 Å². The first kappa shape index (κ1) is 12.7. The minimum Gasteiger partial charge on any atom is -0.506 e. The standard InChI is InChI=1S/C16H18N2O2/c1-3-18(4-2)11-7-5-9-13-15(11)17-16-12(19)8-6-10-14(16)20-13/h5-10,17,19H,3-4H2,1-2H3. The molecular formula is C16H18N2O2. The largest absolute Gasteiger partial charge is 0.506 e. The number of phenols is 1. The van der Waals surface area contributed by atoms with Crippen LogP contribution in [0.2, 0.25) is 0 Å². The molecule has 3 rings (SSSR count). The number of para-hydroxylation sites is 2. The van der Waals surface area contributed by atoms with Crippen molar-refractivity contribution in [1.29, 1.82) is 0 Å². The van der Waals surface area contributed by atoms with Crippen molar-refractivity contribution in [3.63, 3.8) is 0 Å². The van der Waals surface area contributed by atoms with E-state index in [1.807, 2.05) is 18.2 Å². The molecule has 1 aliphatic rings. The van der Waals surface area contributed by atoms with E-state index in [1.54, 1.807) is 12.1 Å². The third-order valence-corrected chi connectivity index (χ3v) is 3.58. The number of hydrogen-bond donors (Lipinski definition) is 2. The maximum Gasteiger partial charge on any atom is 0.154 e. The summed E-state index contributed by atoms with van der Waals surface area (Å²) in [4.78, 5) is 2.25. The molecule has 4 nitrogen and oxygen atoms in total. The van der Waals surface area contributed by atoms with E-state index in [0.29, 0.717) is 11.4 Å². The van der Waals surface area contributed by atoms with Crippen molar-refractivity contribution in [3.8, 4) is 17.2 Å². The lowest BCUT2D eigenvalue weighted by atomic mass is 10.1. The van der Waals surface area contributed by atoms with E-state index in [1.165, 1.54) is 0 Å². The number of nitrogens with zero attached hydrogens (tertiary/aromatic N) is 1. The maximum atomic E-state index is 9.97. The predicted octanol–water partition coefficient (Wildman–Crippen LogP) is 4.09. The molecule has 104 valence electrons. The highest BCUT2D eigenvalue weighted by atomic mass is 16.5. The summed E-state index contributed by atoms with van der Waals surface area (Å²) in [5, 5.41) is 13.3. The summed E-state index contributed by atoms with van der Waals surface area (Å²) in [6, 6.07) is 11.3. The second-order valence-corrected chi connectivity index (χ2v) is 4.70. The average Bonchev–Trinajstić information content (AvgIpc) is 2.47. The Morgan fingerprint density at radius 1 is 1.00 bits per heavy atom. The molecule has 0 saturated heterocycles. The fourth-order valence-corrected chi connectivity index (χ4v) is 2.53. The maximum absolute atomic E-state index is 9.97. The number of nitrogens with one attached hydrogen (secondary N) is 1. The van der Waals surface area contributed by atoms with Crippen LogP contribution in [-0.4, -0.2) is 18.2 Å². The van der Waals surface area contributed by atoms with Crippen LogP contribution in [0.1, 0.15) is 13.8 Å². The van der Waals surface area contributed by atoms with Gasteiger partial charge in [-0.15, -0.1) is 0 Å². The van der Waals surface area contributed by atoms with Crippen LogP contribution in [0, 0.1) is 0 Å². The molecular weight excluding hydrogens is 252 g/mol. The number of phenolic OH excluding ortho intramolecular Hbond substituents is 1. The zero-order chi connectivity index (χ0) is 14.1.